The zero-order valence-electron chi connectivity index (χ0n) is 20.4. The number of aryl methyl sites for hydroxylation is 1. The number of aromatic nitrogens is 4. The number of nitrogens with one attached hydrogen (secondary N) is 1. The molecule has 37 heavy (non-hydrogen) atoms. The normalized spacial score (nSPS) is 14.0. The summed E-state index contributed by atoms with van der Waals surface area (Å²) in [5, 5.41) is 5.36. The van der Waals surface area contributed by atoms with E-state index in [0.717, 1.165) is 16.5 Å². The fourth-order valence-corrected chi connectivity index (χ4v) is 5.00. The van der Waals surface area contributed by atoms with Gasteiger partial charge < -0.3 is 9.80 Å². The minimum atomic E-state index is -0.387. The SMILES string of the molecule is Cc1cccc(-c2nn3c(=O)n(CC(=O)N4CCN(c5ccccc5F)CC4)c4ccccc4c3[nH+]2)c1. The lowest BCUT2D eigenvalue weighted by Crippen LogP contribution is -2.50. The van der Waals surface area contributed by atoms with Crippen molar-refractivity contribution in [3.63, 3.8) is 0 Å². The number of benzene rings is 3. The highest BCUT2D eigenvalue weighted by atomic mass is 19.1. The Hall–Kier alpha value is -4.53. The van der Waals surface area contributed by atoms with Crippen LogP contribution in [0.2, 0.25) is 0 Å². The molecule has 186 valence electrons. The Morgan fingerprint density at radius 2 is 1.73 bits per heavy atom. The molecule has 5 aromatic rings. The monoisotopic (exact) mass is 497 g/mol. The number of H-pyrrole nitrogens is 1. The highest BCUT2D eigenvalue weighted by Crippen LogP contribution is 2.21. The van der Waals surface area contributed by atoms with Gasteiger partial charge >= 0.3 is 11.5 Å². The van der Waals surface area contributed by atoms with Crippen LogP contribution in [0.3, 0.4) is 0 Å². The van der Waals surface area contributed by atoms with Crippen LogP contribution in [-0.4, -0.2) is 51.2 Å². The van der Waals surface area contributed by atoms with Crippen molar-refractivity contribution in [3.05, 3.63) is 94.7 Å². The van der Waals surface area contributed by atoms with Crippen LogP contribution in [-0.2, 0) is 11.3 Å². The Morgan fingerprint density at radius 3 is 2.51 bits per heavy atom. The Morgan fingerprint density at radius 1 is 0.973 bits per heavy atom. The molecule has 0 spiro atoms. The number of aromatic amines is 1. The molecular weight excluding hydrogens is 471 g/mol. The maximum absolute atomic E-state index is 14.2. The van der Waals surface area contributed by atoms with Crippen LogP contribution in [0, 0.1) is 12.7 Å². The van der Waals surface area contributed by atoms with Gasteiger partial charge in [0.15, 0.2) is 0 Å². The number of hydrogen-bond donors (Lipinski definition) is 0. The third kappa shape index (κ3) is 4.12. The van der Waals surface area contributed by atoms with Gasteiger partial charge in [-0.25, -0.2) is 14.2 Å². The molecule has 0 radical (unpaired) electrons. The molecule has 0 bridgehead atoms. The number of nitrogens with zero attached hydrogens (tertiary/aromatic N) is 5. The predicted molar refractivity (Wildman–Crippen MR) is 139 cm³/mol. The quantitative estimate of drug-likeness (QED) is 0.383. The van der Waals surface area contributed by atoms with Gasteiger partial charge in [-0.05, 0) is 47.8 Å². The standard InChI is InChI=1S/C28H25FN6O2/c1-19-7-6-8-20(17-19)26-30-27-21-9-2-4-11-23(21)34(28(37)35(27)31-26)18-25(36)33-15-13-32(14-16-33)24-12-5-3-10-22(24)29/h2-12,17H,13-16,18H2,1H3/p+1. The minimum Gasteiger partial charge on any atom is -0.366 e. The van der Waals surface area contributed by atoms with E-state index in [0.29, 0.717) is 48.9 Å². The zero-order valence-corrected chi connectivity index (χ0v) is 20.4. The lowest BCUT2D eigenvalue weighted by Gasteiger charge is -2.36. The second kappa shape index (κ2) is 9.16. The van der Waals surface area contributed by atoms with Crippen molar-refractivity contribution in [3.8, 4) is 11.4 Å². The molecule has 1 fully saturated rings. The summed E-state index contributed by atoms with van der Waals surface area (Å²) in [5.74, 6) is 0.156. The Balaban J connectivity index is 1.31. The first kappa shape index (κ1) is 22.9. The number of para-hydroxylation sites is 2. The molecular formula is C28H26FN6O2+. The number of halogens is 1. The summed E-state index contributed by atoms with van der Waals surface area (Å²) in [4.78, 5) is 33.9. The van der Waals surface area contributed by atoms with Crippen LogP contribution in [0.5, 0.6) is 0 Å². The van der Waals surface area contributed by atoms with E-state index in [1.54, 1.807) is 23.1 Å². The minimum absolute atomic E-state index is 0.103. The smallest absolute Gasteiger partial charge is 0.366 e. The fraction of sp³-hybridized carbons (Fsp3) is 0.214. The molecule has 1 N–H and O–H groups in total. The topological polar surface area (TPSA) is 77.0 Å². The van der Waals surface area contributed by atoms with Gasteiger partial charge in [0.1, 0.15) is 12.4 Å². The third-order valence-electron chi connectivity index (χ3n) is 6.92. The van der Waals surface area contributed by atoms with Gasteiger partial charge in [0.2, 0.25) is 5.91 Å². The number of piperazine rings is 1. The van der Waals surface area contributed by atoms with Crippen LogP contribution in [0.4, 0.5) is 10.1 Å². The highest BCUT2D eigenvalue weighted by molar-refractivity contribution is 5.91. The first-order valence-electron chi connectivity index (χ1n) is 12.3. The van der Waals surface area contributed by atoms with E-state index in [1.807, 2.05) is 60.4 Å². The van der Waals surface area contributed by atoms with E-state index in [2.05, 4.69) is 10.1 Å². The lowest BCUT2D eigenvalue weighted by molar-refractivity contribution is -0.331. The second-order valence-electron chi connectivity index (χ2n) is 9.31. The molecule has 1 aliphatic heterocycles. The van der Waals surface area contributed by atoms with Crippen molar-refractivity contribution in [2.75, 3.05) is 31.1 Å². The van der Waals surface area contributed by atoms with Gasteiger partial charge in [0, 0.05) is 26.2 Å². The summed E-state index contributed by atoms with van der Waals surface area (Å²) in [6.45, 7) is 3.85. The van der Waals surface area contributed by atoms with E-state index in [4.69, 9.17) is 0 Å². The zero-order chi connectivity index (χ0) is 25.5. The molecule has 0 unspecified atom stereocenters. The Labute approximate surface area is 212 Å². The van der Waals surface area contributed by atoms with Gasteiger partial charge in [0.25, 0.3) is 5.65 Å². The highest BCUT2D eigenvalue weighted by Gasteiger charge is 2.27. The summed E-state index contributed by atoms with van der Waals surface area (Å²) < 4.78 is 17.0. The van der Waals surface area contributed by atoms with Crippen molar-refractivity contribution in [2.45, 2.75) is 13.5 Å². The summed E-state index contributed by atoms with van der Waals surface area (Å²) in [5.41, 5.74) is 3.36. The first-order valence-corrected chi connectivity index (χ1v) is 12.3. The number of carbonyl (C=O) groups is 1. The summed E-state index contributed by atoms with van der Waals surface area (Å²) >= 11 is 0. The molecule has 0 saturated carbocycles. The fourth-order valence-electron chi connectivity index (χ4n) is 5.00. The van der Waals surface area contributed by atoms with Gasteiger partial charge in [-0.3, -0.25) is 9.36 Å². The molecule has 0 aliphatic carbocycles. The van der Waals surface area contributed by atoms with Gasteiger partial charge in [-0.1, -0.05) is 42.0 Å². The maximum Gasteiger partial charge on any atom is 0.424 e. The van der Waals surface area contributed by atoms with Crippen molar-refractivity contribution in [1.29, 1.82) is 0 Å². The first-order chi connectivity index (χ1) is 18.0. The summed E-state index contributed by atoms with van der Waals surface area (Å²) in [6.07, 6.45) is 0. The van der Waals surface area contributed by atoms with Crippen LogP contribution in [0.1, 0.15) is 5.56 Å². The van der Waals surface area contributed by atoms with Gasteiger partial charge in [-0.2, -0.15) is 0 Å². The molecule has 8 nitrogen and oxygen atoms in total. The molecule has 9 heteroatoms. The van der Waals surface area contributed by atoms with Crippen molar-refractivity contribution in [1.82, 2.24) is 19.1 Å². The second-order valence-corrected chi connectivity index (χ2v) is 9.31. The lowest BCUT2D eigenvalue weighted by atomic mass is 10.1. The van der Waals surface area contributed by atoms with E-state index >= 15 is 0 Å². The number of carbonyl (C=O) groups excluding carboxylic acids is 1. The van der Waals surface area contributed by atoms with Crippen molar-refractivity contribution < 1.29 is 14.2 Å². The number of hydrogen-bond acceptors (Lipinski definition) is 4. The number of rotatable bonds is 4. The number of fused-ring (bicyclic) bond motifs is 3. The number of anilines is 1. The van der Waals surface area contributed by atoms with Gasteiger partial charge in [0.05, 0.1) is 27.3 Å². The average Bonchev–Trinajstić information content (AvgIpc) is 3.38. The van der Waals surface area contributed by atoms with Crippen molar-refractivity contribution in [2.24, 2.45) is 0 Å². The van der Waals surface area contributed by atoms with E-state index < -0.39 is 0 Å². The molecule has 0 atom stereocenters. The molecule has 1 amide bonds. The molecule has 1 aliphatic rings. The Bertz CT molecular complexity index is 1700. The Kier molecular flexibility index (Phi) is 5.67. The van der Waals surface area contributed by atoms with Crippen LogP contribution in [0.15, 0.2) is 77.6 Å². The summed E-state index contributed by atoms with van der Waals surface area (Å²) in [7, 11) is 0. The molecule has 3 aromatic carbocycles. The third-order valence-corrected chi connectivity index (χ3v) is 6.92. The molecule has 3 heterocycles. The molecule has 6 rings (SSSR count). The van der Waals surface area contributed by atoms with E-state index in [-0.39, 0.29) is 24.0 Å². The van der Waals surface area contributed by atoms with Crippen LogP contribution >= 0.6 is 0 Å². The van der Waals surface area contributed by atoms with Crippen LogP contribution in [0.25, 0.3) is 27.9 Å². The van der Waals surface area contributed by atoms with Crippen molar-refractivity contribution >= 4 is 28.1 Å². The van der Waals surface area contributed by atoms with E-state index in [1.165, 1.54) is 15.1 Å². The average molecular weight is 498 g/mol. The van der Waals surface area contributed by atoms with E-state index in [9.17, 15) is 14.0 Å². The summed E-state index contributed by atoms with van der Waals surface area (Å²) in [6, 6.07) is 22.1. The van der Waals surface area contributed by atoms with Gasteiger partial charge in [-0.15, -0.1) is 0 Å². The largest absolute Gasteiger partial charge is 0.424 e. The predicted octanol–water partition coefficient (Wildman–Crippen LogP) is 2.93. The molecule has 1 saturated heterocycles. The molecule has 2 aromatic heterocycles. The van der Waals surface area contributed by atoms with Crippen LogP contribution < -0.4 is 15.6 Å². The number of amides is 1. The maximum atomic E-state index is 14.2.